The predicted molar refractivity (Wildman–Crippen MR) is 85.7 cm³/mol. The molecule has 0 spiro atoms. The summed E-state index contributed by atoms with van der Waals surface area (Å²) in [5, 5.41) is 1.79. The van der Waals surface area contributed by atoms with Crippen LogP contribution in [0.2, 0.25) is 0 Å². The molecule has 0 saturated heterocycles. The van der Waals surface area contributed by atoms with E-state index in [0.717, 1.165) is 23.6 Å². The zero-order valence-corrected chi connectivity index (χ0v) is 13.3. The Morgan fingerprint density at radius 1 is 1.10 bits per heavy atom. The summed E-state index contributed by atoms with van der Waals surface area (Å²) in [6, 6.07) is 13.4. The van der Waals surface area contributed by atoms with E-state index in [1.807, 2.05) is 36.4 Å². The molecule has 1 aliphatic rings. The zero-order chi connectivity index (χ0) is 15.0. The van der Waals surface area contributed by atoms with Crippen molar-refractivity contribution >= 4 is 20.8 Å². The van der Waals surface area contributed by atoms with Crippen molar-refractivity contribution in [3.05, 3.63) is 42.5 Å². The number of fused-ring (bicyclic) bond motifs is 1. The topological polar surface area (TPSA) is 37.4 Å². The summed E-state index contributed by atoms with van der Waals surface area (Å²) in [6.07, 6.45) is 1.97. The number of rotatable bonds is 5. The maximum absolute atomic E-state index is 13.1. The molecule has 0 atom stereocenters. The second-order valence-corrected chi connectivity index (χ2v) is 8.04. The number of hydrogen-bond donors (Lipinski definition) is 0. The molecule has 0 N–H and O–H groups in total. The first kappa shape index (κ1) is 14.5. The minimum absolute atomic E-state index is 0.191. The van der Waals surface area contributed by atoms with E-state index in [-0.39, 0.29) is 6.04 Å². The minimum Gasteiger partial charge on any atom is -0.207 e. The molecule has 2 aromatic rings. The van der Waals surface area contributed by atoms with Crippen LogP contribution in [0.3, 0.4) is 0 Å². The molecule has 1 fully saturated rings. The van der Waals surface area contributed by atoms with Gasteiger partial charge in [-0.05, 0) is 30.2 Å². The molecule has 0 radical (unpaired) electrons. The lowest BCUT2D eigenvalue weighted by molar-refractivity contribution is 0.360. The smallest absolute Gasteiger partial charge is 0.207 e. The van der Waals surface area contributed by atoms with Crippen molar-refractivity contribution in [2.24, 2.45) is 5.92 Å². The van der Waals surface area contributed by atoms with Gasteiger partial charge in [-0.1, -0.05) is 50.2 Å². The molecule has 0 bridgehead atoms. The SMILES string of the molecule is CC(C)CN(C1CC1)S(=O)(=O)c1cccc2ccccc12. The highest BCUT2D eigenvalue weighted by molar-refractivity contribution is 7.89. The van der Waals surface area contributed by atoms with Crippen molar-refractivity contribution in [2.75, 3.05) is 6.54 Å². The van der Waals surface area contributed by atoms with Crippen LogP contribution in [0.15, 0.2) is 47.4 Å². The van der Waals surface area contributed by atoms with Gasteiger partial charge in [0.05, 0.1) is 4.90 Å². The molecule has 3 nitrogen and oxygen atoms in total. The Morgan fingerprint density at radius 2 is 1.76 bits per heavy atom. The van der Waals surface area contributed by atoms with E-state index in [1.165, 1.54) is 0 Å². The van der Waals surface area contributed by atoms with Crippen molar-refractivity contribution in [2.45, 2.75) is 37.6 Å². The summed E-state index contributed by atoms with van der Waals surface area (Å²) in [5.41, 5.74) is 0. The highest BCUT2D eigenvalue weighted by atomic mass is 32.2. The van der Waals surface area contributed by atoms with Crippen molar-refractivity contribution in [3.63, 3.8) is 0 Å². The van der Waals surface area contributed by atoms with Gasteiger partial charge in [-0.3, -0.25) is 0 Å². The van der Waals surface area contributed by atoms with Crippen LogP contribution in [0.25, 0.3) is 10.8 Å². The molecule has 0 unspecified atom stereocenters. The van der Waals surface area contributed by atoms with Crippen molar-refractivity contribution in [3.8, 4) is 0 Å². The van der Waals surface area contributed by atoms with Gasteiger partial charge >= 0.3 is 0 Å². The molecule has 21 heavy (non-hydrogen) atoms. The Kier molecular flexibility index (Phi) is 3.76. The highest BCUT2D eigenvalue weighted by Gasteiger charge is 2.38. The van der Waals surface area contributed by atoms with E-state index in [1.54, 1.807) is 10.4 Å². The largest absolute Gasteiger partial charge is 0.243 e. The van der Waals surface area contributed by atoms with E-state index in [2.05, 4.69) is 13.8 Å². The molecule has 3 rings (SSSR count). The first-order valence-corrected chi connectivity index (χ1v) is 8.94. The van der Waals surface area contributed by atoms with E-state index in [0.29, 0.717) is 17.4 Å². The lowest BCUT2D eigenvalue weighted by Crippen LogP contribution is -2.36. The van der Waals surface area contributed by atoms with Crippen LogP contribution in [0, 0.1) is 5.92 Å². The average molecular weight is 303 g/mol. The van der Waals surface area contributed by atoms with Crippen LogP contribution in [-0.4, -0.2) is 25.3 Å². The minimum atomic E-state index is -3.43. The monoisotopic (exact) mass is 303 g/mol. The van der Waals surface area contributed by atoms with Gasteiger partial charge in [-0.25, -0.2) is 8.42 Å². The Balaban J connectivity index is 2.10. The molecule has 0 heterocycles. The standard InChI is InChI=1S/C17H21NO2S/c1-13(2)12-18(15-10-11-15)21(19,20)17-9-5-7-14-6-3-4-8-16(14)17/h3-9,13,15H,10-12H2,1-2H3. The lowest BCUT2D eigenvalue weighted by Gasteiger charge is -2.24. The van der Waals surface area contributed by atoms with E-state index >= 15 is 0 Å². The van der Waals surface area contributed by atoms with Crippen LogP contribution in [-0.2, 0) is 10.0 Å². The first-order chi connectivity index (χ1) is 10.00. The Hall–Kier alpha value is -1.39. The zero-order valence-electron chi connectivity index (χ0n) is 12.5. The third kappa shape index (κ3) is 2.83. The number of nitrogens with zero attached hydrogens (tertiary/aromatic N) is 1. The predicted octanol–water partition coefficient (Wildman–Crippen LogP) is 3.65. The number of benzene rings is 2. The normalized spacial score (nSPS) is 16.0. The quantitative estimate of drug-likeness (QED) is 0.845. The van der Waals surface area contributed by atoms with Gasteiger partial charge in [0.1, 0.15) is 0 Å². The van der Waals surface area contributed by atoms with Gasteiger partial charge in [-0.2, -0.15) is 4.31 Å². The average Bonchev–Trinajstić information content (AvgIpc) is 3.28. The fourth-order valence-electron chi connectivity index (χ4n) is 2.71. The van der Waals surface area contributed by atoms with Crippen molar-refractivity contribution in [1.29, 1.82) is 0 Å². The van der Waals surface area contributed by atoms with Crippen LogP contribution in [0.1, 0.15) is 26.7 Å². The van der Waals surface area contributed by atoms with Crippen LogP contribution in [0.4, 0.5) is 0 Å². The second-order valence-electron chi connectivity index (χ2n) is 6.18. The Bertz CT molecular complexity index is 743. The summed E-state index contributed by atoms with van der Waals surface area (Å²) < 4.78 is 27.9. The number of sulfonamides is 1. The molecule has 2 aromatic carbocycles. The third-order valence-electron chi connectivity index (χ3n) is 3.84. The van der Waals surface area contributed by atoms with Gasteiger partial charge in [0.2, 0.25) is 10.0 Å². The summed E-state index contributed by atoms with van der Waals surface area (Å²) in [4.78, 5) is 0.438. The molecular weight excluding hydrogens is 282 g/mol. The third-order valence-corrected chi connectivity index (χ3v) is 5.81. The molecule has 1 aliphatic carbocycles. The van der Waals surface area contributed by atoms with Gasteiger partial charge in [-0.15, -0.1) is 0 Å². The molecular formula is C17H21NO2S. The maximum atomic E-state index is 13.1. The highest BCUT2D eigenvalue weighted by Crippen LogP contribution is 2.34. The van der Waals surface area contributed by atoms with Crippen molar-refractivity contribution < 1.29 is 8.42 Å². The summed E-state index contributed by atoms with van der Waals surface area (Å²) in [7, 11) is -3.43. The van der Waals surface area contributed by atoms with Crippen LogP contribution < -0.4 is 0 Å². The second kappa shape index (κ2) is 5.43. The summed E-state index contributed by atoms with van der Waals surface area (Å²) >= 11 is 0. The first-order valence-electron chi connectivity index (χ1n) is 7.50. The van der Waals surface area contributed by atoms with E-state index in [9.17, 15) is 8.42 Å². The number of hydrogen-bond acceptors (Lipinski definition) is 2. The Morgan fingerprint density at radius 3 is 2.43 bits per heavy atom. The molecule has 0 aliphatic heterocycles. The summed E-state index contributed by atoms with van der Waals surface area (Å²) in [6.45, 7) is 4.72. The fourth-order valence-corrected chi connectivity index (χ4v) is 4.78. The molecule has 0 amide bonds. The van der Waals surface area contributed by atoms with Gasteiger partial charge in [0, 0.05) is 18.0 Å². The van der Waals surface area contributed by atoms with Gasteiger partial charge in [0.15, 0.2) is 0 Å². The van der Waals surface area contributed by atoms with Crippen LogP contribution >= 0.6 is 0 Å². The molecule has 112 valence electrons. The lowest BCUT2D eigenvalue weighted by atomic mass is 10.1. The fraction of sp³-hybridized carbons (Fsp3) is 0.412. The molecule has 1 saturated carbocycles. The van der Waals surface area contributed by atoms with Gasteiger partial charge in [0.25, 0.3) is 0 Å². The summed E-state index contributed by atoms with van der Waals surface area (Å²) in [5.74, 6) is 0.329. The molecule has 4 heteroatoms. The van der Waals surface area contributed by atoms with Crippen LogP contribution in [0.5, 0.6) is 0 Å². The van der Waals surface area contributed by atoms with E-state index in [4.69, 9.17) is 0 Å². The van der Waals surface area contributed by atoms with E-state index < -0.39 is 10.0 Å². The van der Waals surface area contributed by atoms with Crippen molar-refractivity contribution in [1.82, 2.24) is 4.31 Å². The molecule has 0 aromatic heterocycles. The Labute approximate surface area is 126 Å². The van der Waals surface area contributed by atoms with Gasteiger partial charge < -0.3 is 0 Å². The maximum Gasteiger partial charge on any atom is 0.243 e.